The van der Waals surface area contributed by atoms with Gasteiger partial charge in [0.2, 0.25) is 25.0 Å². The van der Waals surface area contributed by atoms with Crippen LogP contribution < -0.4 is 0 Å². The number of ether oxygens (including phenoxy) is 1. The monoisotopic (exact) mass is 430 g/mol. The molecule has 0 aliphatic carbocycles. The van der Waals surface area contributed by atoms with Crippen LogP contribution in [0.4, 0.5) is 0 Å². The Morgan fingerprint density at radius 1 is 0.808 bits per heavy atom. The Hall–Kier alpha value is -0.822. The van der Waals surface area contributed by atoms with Gasteiger partial charge in [-0.05, 0) is 46.2 Å². The average Bonchev–Trinajstić information content (AvgIpc) is 2.51. The molecule has 0 atom stereocenters. The molecule has 5 nitrogen and oxygen atoms in total. The lowest BCUT2D eigenvalue weighted by molar-refractivity contribution is -0.138. The van der Waals surface area contributed by atoms with Gasteiger partial charge in [-0.3, -0.25) is 0 Å². The summed E-state index contributed by atoms with van der Waals surface area (Å²) in [5.41, 5.74) is 5.75. The fourth-order valence-corrected chi connectivity index (χ4v) is 15.0. The number of esters is 1. The minimum absolute atomic E-state index is 0.0719. The van der Waals surface area contributed by atoms with E-state index in [4.69, 9.17) is 17.1 Å². The summed E-state index contributed by atoms with van der Waals surface area (Å²) in [4.78, 5) is 12.0. The first-order chi connectivity index (χ1) is 11.6. The van der Waals surface area contributed by atoms with E-state index in [0.717, 1.165) is 0 Å². The summed E-state index contributed by atoms with van der Waals surface area (Å²) in [6.45, 7) is 28.9. The molecule has 0 aromatic heterocycles. The van der Waals surface area contributed by atoms with Crippen molar-refractivity contribution in [3.8, 4) is 0 Å². The van der Waals surface area contributed by atoms with Crippen molar-refractivity contribution in [2.24, 2.45) is 0 Å². The molecule has 0 N–H and O–H groups in total. The van der Waals surface area contributed by atoms with E-state index in [2.05, 4.69) is 26.3 Å². The van der Waals surface area contributed by atoms with Gasteiger partial charge in [-0.15, -0.1) is 19.7 Å². The summed E-state index contributed by atoms with van der Waals surface area (Å²) in [7, 11) is -10.3. The van der Waals surface area contributed by atoms with Crippen molar-refractivity contribution >= 4 is 39.7 Å². The van der Waals surface area contributed by atoms with Gasteiger partial charge in [0.05, 0.1) is 0 Å². The van der Waals surface area contributed by atoms with E-state index in [0.29, 0.717) is 5.57 Å². The van der Waals surface area contributed by atoms with Gasteiger partial charge in [-0.25, -0.2) is 4.79 Å². The second-order valence-electron chi connectivity index (χ2n) is 7.77. The van der Waals surface area contributed by atoms with Gasteiger partial charge in [0.1, 0.15) is 0 Å². The van der Waals surface area contributed by atoms with Gasteiger partial charge in [0.25, 0.3) is 0 Å². The van der Waals surface area contributed by atoms with Crippen LogP contribution in [-0.2, 0) is 21.9 Å². The van der Waals surface area contributed by atoms with Crippen molar-refractivity contribution in [3.05, 3.63) is 49.0 Å². The van der Waals surface area contributed by atoms with E-state index in [9.17, 15) is 4.79 Å². The maximum Gasteiger partial charge on any atom is 0.510 e. The highest BCUT2D eigenvalue weighted by Crippen LogP contribution is 2.27. The molecule has 0 radical (unpaired) electrons. The lowest BCUT2D eigenvalue weighted by Crippen LogP contribution is -2.64. The van der Waals surface area contributed by atoms with E-state index >= 15 is 0 Å². The Bertz CT molecular complexity index is 514. The molecule has 0 rings (SSSR count). The maximum atomic E-state index is 12.0. The summed E-state index contributed by atoms with van der Waals surface area (Å²) in [5.74, 6) is -0.494. The van der Waals surface area contributed by atoms with Crippen LogP contribution in [0.15, 0.2) is 49.0 Å². The van der Waals surface area contributed by atoms with Crippen LogP contribution in [0.1, 0.15) is 6.92 Å². The molecule has 9 heteroatoms. The van der Waals surface area contributed by atoms with E-state index in [-0.39, 0.29) is 6.23 Å². The van der Waals surface area contributed by atoms with E-state index < -0.39 is 39.7 Å². The second-order valence-corrected chi connectivity index (χ2v) is 22.7. The van der Waals surface area contributed by atoms with Crippen molar-refractivity contribution in [1.82, 2.24) is 0 Å². The summed E-state index contributed by atoms with van der Waals surface area (Å²) >= 11 is 0. The van der Waals surface area contributed by atoms with Crippen LogP contribution in [0.25, 0.3) is 0 Å². The number of hydrogen-bond acceptors (Lipinski definition) is 5. The molecule has 0 fully saturated rings. The Balaban J connectivity index is 6.07. The predicted molar refractivity (Wildman–Crippen MR) is 118 cm³/mol. The van der Waals surface area contributed by atoms with Crippen LogP contribution in [0, 0.1) is 0 Å². The first kappa shape index (κ1) is 25.2. The van der Waals surface area contributed by atoms with Crippen LogP contribution in [0.2, 0.25) is 39.3 Å². The Morgan fingerprint density at radius 2 is 1.12 bits per heavy atom. The molecule has 0 unspecified atom stereocenters. The number of carbonyl (C=O) groups excluding carboxylic acids is 1. The fourth-order valence-electron chi connectivity index (χ4n) is 1.76. The summed E-state index contributed by atoms with van der Waals surface area (Å²) in [5, 5.41) is 0. The molecule has 148 valence electrons. The first-order valence-electron chi connectivity index (χ1n) is 8.47. The standard InChI is InChI=1S/C17H34O5Si4/c1-12-23(6,7)20-26(21-24(8,9)13-2,22-25(10,11)14-3)15-19-17(18)16(4)5/h12-14H,1-4,15H2,5-11H3. The molecule has 0 aliphatic heterocycles. The van der Waals surface area contributed by atoms with E-state index in [1.807, 2.05) is 56.4 Å². The molecule has 0 aromatic rings. The zero-order valence-electron chi connectivity index (χ0n) is 17.3. The molecule has 0 aromatic carbocycles. The van der Waals surface area contributed by atoms with Crippen LogP contribution >= 0.6 is 0 Å². The Labute approximate surface area is 163 Å². The second kappa shape index (κ2) is 9.40. The van der Waals surface area contributed by atoms with Crippen molar-refractivity contribution in [2.75, 3.05) is 6.23 Å². The normalized spacial score (nSPS) is 13.0. The molecule has 0 aliphatic rings. The zero-order valence-corrected chi connectivity index (χ0v) is 21.3. The molecule has 0 saturated heterocycles. The highest BCUT2D eigenvalue weighted by Gasteiger charge is 2.52. The Kier molecular flexibility index (Phi) is 9.10. The molecule has 0 saturated carbocycles. The highest BCUT2D eigenvalue weighted by molar-refractivity contribution is 6.93. The van der Waals surface area contributed by atoms with Gasteiger partial charge in [-0.1, -0.05) is 23.7 Å². The molecule has 0 spiro atoms. The van der Waals surface area contributed by atoms with Crippen LogP contribution in [0.5, 0.6) is 0 Å². The third-order valence-corrected chi connectivity index (χ3v) is 17.0. The van der Waals surface area contributed by atoms with Gasteiger partial charge < -0.3 is 17.1 Å². The average molecular weight is 431 g/mol. The van der Waals surface area contributed by atoms with Gasteiger partial charge in [0, 0.05) is 5.57 Å². The third kappa shape index (κ3) is 8.71. The molecular weight excluding hydrogens is 397 g/mol. The minimum Gasteiger partial charge on any atom is -0.458 e. The molecule has 26 heavy (non-hydrogen) atoms. The molecule has 0 bridgehead atoms. The molecule has 0 amide bonds. The summed E-state index contributed by atoms with van der Waals surface area (Å²) in [6.07, 6.45) is -0.0719. The number of hydrogen-bond donors (Lipinski definition) is 0. The third-order valence-electron chi connectivity index (χ3n) is 3.46. The zero-order chi connectivity index (χ0) is 20.8. The van der Waals surface area contributed by atoms with Crippen molar-refractivity contribution < 1.29 is 21.9 Å². The number of carbonyl (C=O) groups is 1. The Morgan fingerprint density at radius 3 is 1.35 bits per heavy atom. The smallest absolute Gasteiger partial charge is 0.458 e. The molecule has 0 heterocycles. The molecular formula is C17H34O5Si4. The quantitative estimate of drug-likeness (QED) is 0.260. The van der Waals surface area contributed by atoms with Crippen molar-refractivity contribution in [1.29, 1.82) is 0 Å². The maximum absolute atomic E-state index is 12.0. The first-order valence-corrected chi connectivity index (χ1v) is 19.4. The SMILES string of the molecule is C=C[Si](C)(C)O[Si](COC(=O)C(=C)C)(O[Si](C)(C)C=C)O[Si](C)(C)C=C. The van der Waals surface area contributed by atoms with E-state index in [1.165, 1.54) is 0 Å². The highest BCUT2D eigenvalue weighted by atomic mass is 28.5. The van der Waals surface area contributed by atoms with Crippen molar-refractivity contribution in [2.45, 2.75) is 46.2 Å². The lowest BCUT2D eigenvalue weighted by Gasteiger charge is -2.42. The fraction of sp³-hybridized carbons (Fsp3) is 0.471. The predicted octanol–water partition coefficient (Wildman–Crippen LogP) is 4.42. The van der Waals surface area contributed by atoms with E-state index in [1.54, 1.807) is 6.92 Å². The number of rotatable bonds is 12. The summed E-state index contributed by atoms with van der Waals surface area (Å²) in [6, 6.07) is 0. The van der Waals surface area contributed by atoms with Crippen LogP contribution in [0.3, 0.4) is 0 Å². The van der Waals surface area contributed by atoms with Crippen molar-refractivity contribution in [3.63, 3.8) is 0 Å². The largest absolute Gasteiger partial charge is 0.510 e. The lowest BCUT2D eigenvalue weighted by atomic mass is 10.4. The van der Waals surface area contributed by atoms with Crippen LogP contribution in [-0.4, -0.2) is 46.0 Å². The van der Waals surface area contributed by atoms with Gasteiger partial charge >= 0.3 is 14.8 Å². The topological polar surface area (TPSA) is 54.0 Å². The van der Waals surface area contributed by atoms with Gasteiger partial charge in [0.15, 0.2) is 6.23 Å². The minimum atomic E-state index is -3.39. The van der Waals surface area contributed by atoms with Gasteiger partial charge in [-0.2, -0.15) is 0 Å². The summed E-state index contributed by atoms with van der Waals surface area (Å²) < 4.78 is 24.8.